The molecular formula is C20H22N6O4S. The number of aromatic nitrogens is 4. The third-order valence-corrected chi connectivity index (χ3v) is 6.34. The van der Waals surface area contributed by atoms with E-state index in [0.717, 1.165) is 10.4 Å². The van der Waals surface area contributed by atoms with E-state index in [1.54, 1.807) is 23.1 Å². The molecular weight excluding hydrogens is 420 g/mol. The van der Waals surface area contributed by atoms with Crippen LogP contribution in [-0.2, 0) is 4.74 Å². The molecule has 1 saturated heterocycles. The Bertz CT molecular complexity index is 1110. The van der Waals surface area contributed by atoms with Crippen molar-refractivity contribution < 1.29 is 19.1 Å². The van der Waals surface area contributed by atoms with Crippen molar-refractivity contribution in [1.82, 2.24) is 25.1 Å². The smallest absolute Gasteiger partial charge is 0.259 e. The average Bonchev–Trinajstić information content (AvgIpc) is 3.42. The van der Waals surface area contributed by atoms with E-state index in [1.165, 1.54) is 29.5 Å². The zero-order chi connectivity index (χ0) is 22.0. The van der Waals surface area contributed by atoms with Gasteiger partial charge in [-0.25, -0.2) is 0 Å². The van der Waals surface area contributed by atoms with Crippen molar-refractivity contribution in [3.05, 3.63) is 46.1 Å². The normalized spacial score (nSPS) is 13.8. The van der Waals surface area contributed by atoms with E-state index in [2.05, 4.69) is 20.8 Å². The molecule has 0 spiro atoms. The monoisotopic (exact) mass is 442 g/mol. The van der Waals surface area contributed by atoms with Crippen molar-refractivity contribution in [2.75, 3.05) is 38.7 Å². The van der Waals surface area contributed by atoms with Crippen molar-refractivity contribution in [2.24, 2.45) is 0 Å². The van der Waals surface area contributed by atoms with Gasteiger partial charge in [-0.3, -0.25) is 9.59 Å². The lowest BCUT2D eigenvalue weighted by atomic mass is 10.1. The third kappa shape index (κ3) is 4.14. The highest BCUT2D eigenvalue weighted by Gasteiger charge is 2.24. The van der Waals surface area contributed by atoms with Gasteiger partial charge in [-0.05, 0) is 48.0 Å². The number of ether oxygens (including phenoxy) is 2. The molecule has 0 radical (unpaired) electrons. The van der Waals surface area contributed by atoms with Gasteiger partial charge in [-0.15, -0.1) is 16.4 Å². The predicted molar refractivity (Wildman–Crippen MR) is 114 cm³/mol. The number of thiophene rings is 1. The summed E-state index contributed by atoms with van der Waals surface area (Å²) in [5.74, 6) is 0.0143. The van der Waals surface area contributed by atoms with Crippen molar-refractivity contribution in [3.63, 3.8) is 0 Å². The first-order valence-electron chi connectivity index (χ1n) is 9.69. The number of tetrazole rings is 1. The summed E-state index contributed by atoms with van der Waals surface area (Å²) >= 11 is 1.43. The molecule has 1 fully saturated rings. The molecule has 2 amide bonds. The van der Waals surface area contributed by atoms with Crippen molar-refractivity contribution in [2.45, 2.75) is 13.8 Å². The standard InChI is InChI=1S/C20H22N6O4S/c1-12-13(2)31-20(26-11-21-23-24-26)17(12)18(27)22-15-10-14(4-5-16(15)29-3)19(28)25-6-8-30-9-7-25/h4-5,10-11H,6-9H2,1-3H3,(H,22,27). The van der Waals surface area contributed by atoms with Gasteiger partial charge in [0, 0.05) is 23.5 Å². The maximum absolute atomic E-state index is 13.3. The zero-order valence-electron chi connectivity index (χ0n) is 17.4. The van der Waals surface area contributed by atoms with Crippen LogP contribution in [0, 0.1) is 13.8 Å². The van der Waals surface area contributed by atoms with E-state index >= 15 is 0 Å². The molecule has 0 atom stereocenters. The van der Waals surface area contributed by atoms with Crippen LogP contribution in [0.5, 0.6) is 5.75 Å². The Hall–Kier alpha value is -3.31. The first kappa shape index (κ1) is 20.9. The van der Waals surface area contributed by atoms with Crippen molar-refractivity contribution in [1.29, 1.82) is 0 Å². The molecule has 1 aromatic carbocycles. The summed E-state index contributed by atoms with van der Waals surface area (Å²) in [6.45, 7) is 5.92. The highest BCUT2D eigenvalue weighted by Crippen LogP contribution is 2.32. The molecule has 2 aromatic heterocycles. The minimum atomic E-state index is -0.332. The number of carbonyl (C=O) groups is 2. The molecule has 31 heavy (non-hydrogen) atoms. The molecule has 0 saturated carbocycles. The number of hydrogen-bond acceptors (Lipinski definition) is 8. The Kier molecular flexibility index (Phi) is 5.96. The SMILES string of the molecule is COc1ccc(C(=O)N2CCOCC2)cc1NC(=O)c1c(-n2cnnn2)sc(C)c1C. The van der Waals surface area contributed by atoms with Crippen LogP contribution in [0.2, 0.25) is 0 Å². The summed E-state index contributed by atoms with van der Waals surface area (Å²) in [4.78, 5) is 28.8. The number of morpholine rings is 1. The molecule has 1 aliphatic rings. The van der Waals surface area contributed by atoms with Gasteiger partial charge in [0.15, 0.2) is 0 Å². The Labute approximate surface area is 182 Å². The summed E-state index contributed by atoms with van der Waals surface area (Å²) in [5.41, 5.74) is 2.20. The van der Waals surface area contributed by atoms with E-state index < -0.39 is 0 Å². The lowest BCUT2D eigenvalue weighted by molar-refractivity contribution is 0.0303. The number of hydrogen-bond donors (Lipinski definition) is 1. The Balaban J connectivity index is 1.65. The Morgan fingerprint density at radius 1 is 1.23 bits per heavy atom. The molecule has 3 heterocycles. The first-order valence-corrected chi connectivity index (χ1v) is 10.5. The second-order valence-electron chi connectivity index (χ2n) is 6.99. The van der Waals surface area contributed by atoms with E-state index in [1.807, 2.05) is 13.8 Å². The number of carbonyl (C=O) groups excluding carboxylic acids is 2. The van der Waals surface area contributed by atoms with Crippen LogP contribution >= 0.6 is 11.3 Å². The largest absolute Gasteiger partial charge is 0.495 e. The van der Waals surface area contributed by atoms with Crippen LogP contribution in [0.25, 0.3) is 5.00 Å². The van der Waals surface area contributed by atoms with Gasteiger partial charge < -0.3 is 19.7 Å². The molecule has 0 unspecified atom stereocenters. The van der Waals surface area contributed by atoms with Crippen LogP contribution in [0.4, 0.5) is 5.69 Å². The third-order valence-electron chi connectivity index (χ3n) is 5.14. The average molecular weight is 443 g/mol. The Morgan fingerprint density at radius 2 is 2.00 bits per heavy atom. The highest BCUT2D eigenvalue weighted by atomic mass is 32.1. The van der Waals surface area contributed by atoms with E-state index in [4.69, 9.17) is 9.47 Å². The number of nitrogens with zero attached hydrogens (tertiary/aromatic N) is 5. The first-order chi connectivity index (χ1) is 15.0. The zero-order valence-corrected chi connectivity index (χ0v) is 18.2. The lowest BCUT2D eigenvalue weighted by Gasteiger charge is -2.27. The van der Waals surface area contributed by atoms with E-state index in [9.17, 15) is 9.59 Å². The quantitative estimate of drug-likeness (QED) is 0.644. The van der Waals surface area contributed by atoms with E-state index in [0.29, 0.717) is 53.9 Å². The summed E-state index contributed by atoms with van der Waals surface area (Å²) < 4.78 is 12.2. The summed E-state index contributed by atoms with van der Waals surface area (Å²) in [6.07, 6.45) is 1.45. The fourth-order valence-electron chi connectivity index (χ4n) is 3.36. The molecule has 4 rings (SSSR count). The van der Waals surface area contributed by atoms with Crippen LogP contribution in [0.3, 0.4) is 0 Å². The summed E-state index contributed by atoms with van der Waals surface area (Å²) in [5, 5.41) is 14.8. The summed E-state index contributed by atoms with van der Waals surface area (Å²) in [7, 11) is 1.51. The molecule has 1 aliphatic heterocycles. The molecule has 3 aromatic rings. The van der Waals surface area contributed by atoms with Gasteiger partial charge in [-0.2, -0.15) is 4.68 Å². The number of nitrogens with one attached hydrogen (secondary N) is 1. The number of anilines is 1. The van der Waals surface area contributed by atoms with Crippen molar-refractivity contribution in [3.8, 4) is 10.8 Å². The van der Waals surface area contributed by atoms with Gasteiger partial charge in [0.25, 0.3) is 11.8 Å². The molecule has 0 aliphatic carbocycles. The number of aryl methyl sites for hydroxylation is 1. The number of methoxy groups -OCH3 is 1. The number of amides is 2. The molecule has 1 N–H and O–H groups in total. The molecule has 0 bridgehead atoms. The second kappa shape index (κ2) is 8.82. The van der Waals surface area contributed by atoms with Gasteiger partial charge >= 0.3 is 0 Å². The fourth-order valence-corrected chi connectivity index (χ4v) is 4.43. The van der Waals surface area contributed by atoms with Gasteiger partial charge in [0.1, 0.15) is 17.1 Å². The highest BCUT2D eigenvalue weighted by molar-refractivity contribution is 7.15. The predicted octanol–water partition coefficient (Wildman–Crippen LogP) is 2.07. The molecule has 10 nitrogen and oxygen atoms in total. The van der Waals surface area contributed by atoms with Crippen LogP contribution in [0.15, 0.2) is 24.5 Å². The molecule has 162 valence electrons. The fraction of sp³-hybridized carbons (Fsp3) is 0.350. The maximum atomic E-state index is 13.3. The van der Waals surface area contributed by atoms with E-state index in [-0.39, 0.29) is 11.8 Å². The number of rotatable bonds is 5. The minimum Gasteiger partial charge on any atom is -0.495 e. The van der Waals surface area contributed by atoms with Crippen LogP contribution in [0.1, 0.15) is 31.2 Å². The Morgan fingerprint density at radius 3 is 2.68 bits per heavy atom. The van der Waals surface area contributed by atoms with Gasteiger partial charge in [0.2, 0.25) is 0 Å². The van der Waals surface area contributed by atoms with Gasteiger partial charge in [0.05, 0.1) is 31.6 Å². The topological polar surface area (TPSA) is 111 Å². The van der Waals surface area contributed by atoms with Crippen LogP contribution < -0.4 is 10.1 Å². The maximum Gasteiger partial charge on any atom is 0.259 e. The lowest BCUT2D eigenvalue weighted by Crippen LogP contribution is -2.40. The van der Waals surface area contributed by atoms with Gasteiger partial charge in [-0.1, -0.05) is 0 Å². The summed E-state index contributed by atoms with van der Waals surface area (Å²) in [6, 6.07) is 5.01. The second-order valence-corrected chi connectivity index (χ2v) is 8.19. The minimum absolute atomic E-state index is 0.113. The molecule has 11 heteroatoms. The van der Waals surface area contributed by atoms with Crippen molar-refractivity contribution >= 4 is 28.8 Å². The van der Waals surface area contributed by atoms with Crippen LogP contribution in [-0.4, -0.2) is 70.3 Å². The number of benzene rings is 1.